The lowest BCUT2D eigenvalue weighted by atomic mass is 9.89. The smallest absolute Gasteiger partial charge is 0.411 e. The minimum atomic E-state index is -1.76. The van der Waals surface area contributed by atoms with E-state index in [0.717, 1.165) is 16.5 Å². The molecule has 4 atom stereocenters. The Kier molecular flexibility index (Phi) is 11.2. The van der Waals surface area contributed by atoms with Gasteiger partial charge < -0.3 is 19.3 Å². The molecule has 0 saturated carbocycles. The van der Waals surface area contributed by atoms with Crippen molar-refractivity contribution >= 4 is 46.6 Å². The average Bonchev–Trinajstić information content (AvgIpc) is 3.65. The Balaban J connectivity index is 1.24. The van der Waals surface area contributed by atoms with Gasteiger partial charge >= 0.3 is 24.1 Å². The van der Waals surface area contributed by atoms with Crippen LogP contribution in [0.1, 0.15) is 108 Å². The average molecular weight is 744 g/mol. The van der Waals surface area contributed by atoms with Crippen LogP contribution in [0, 0.1) is 0 Å². The normalized spacial score (nSPS) is 21.5. The van der Waals surface area contributed by atoms with E-state index in [1.54, 1.807) is 90.9 Å². The molecule has 0 unspecified atom stereocenters. The van der Waals surface area contributed by atoms with Crippen LogP contribution in [0.2, 0.25) is 0 Å². The van der Waals surface area contributed by atoms with Crippen LogP contribution < -0.4 is 0 Å². The van der Waals surface area contributed by atoms with E-state index in [9.17, 15) is 33.9 Å². The van der Waals surface area contributed by atoms with Gasteiger partial charge in [-0.15, -0.1) is 0 Å². The van der Waals surface area contributed by atoms with Crippen LogP contribution >= 0.6 is 0 Å². The summed E-state index contributed by atoms with van der Waals surface area (Å²) in [7, 11) is 0. The molecule has 0 spiro atoms. The third-order valence-corrected chi connectivity index (χ3v) is 9.72. The van der Waals surface area contributed by atoms with Crippen LogP contribution in [0.5, 0.6) is 0 Å². The van der Waals surface area contributed by atoms with Gasteiger partial charge in [0.2, 0.25) is 0 Å². The number of ketones is 2. The second kappa shape index (κ2) is 15.2. The number of benzene rings is 2. The number of fused-ring (bicyclic) bond motifs is 1. The molecule has 1 aromatic heterocycles. The van der Waals surface area contributed by atoms with E-state index in [1.165, 1.54) is 9.80 Å². The van der Waals surface area contributed by atoms with Gasteiger partial charge in [-0.25, -0.2) is 24.2 Å². The molecule has 288 valence electrons. The fourth-order valence-electron chi connectivity index (χ4n) is 7.06. The summed E-state index contributed by atoms with van der Waals surface area (Å²) in [5, 5.41) is 11.1. The molecule has 2 saturated heterocycles. The van der Waals surface area contributed by atoms with Crippen LogP contribution in [0.4, 0.5) is 9.59 Å². The Morgan fingerprint density at radius 1 is 0.778 bits per heavy atom. The van der Waals surface area contributed by atoms with Gasteiger partial charge in [0.1, 0.15) is 22.9 Å². The molecule has 2 aliphatic heterocycles. The number of aromatic nitrogens is 1. The zero-order chi connectivity index (χ0) is 39.7. The Morgan fingerprint density at radius 3 is 2.04 bits per heavy atom. The third-order valence-electron chi connectivity index (χ3n) is 9.72. The number of pyridine rings is 1. The lowest BCUT2D eigenvalue weighted by Crippen LogP contribution is -2.57. The van der Waals surface area contributed by atoms with Crippen molar-refractivity contribution in [2.45, 2.75) is 122 Å². The van der Waals surface area contributed by atoms with E-state index in [1.807, 2.05) is 19.1 Å². The predicted octanol–water partition coefficient (Wildman–Crippen LogP) is 7.23. The van der Waals surface area contributed by atoms with E-state index in [4.69, 9.17) is 14.2 Å². The van der Waals surface area contributed by atoms with Crippen molar-refractivity contribution < 1.29 is 48.1 Å². The minimum absolute atomic E-state index is 0.0862. The topological polar surface area (TPSA) is 170 Å². The molecule has 5 rings (SSSR count). The van der Waals surface area contributed by atoms with Crippen molar-refractivity contribution in [3.8, 4) is 11.1 Å². The first-order chi connectivity index (χ1) is 25.2. The second-order valence-corrected chi connectivity index (χ2v) is 16.2. The molecule has 3 heterocycles. The van der Waals surface area contributed by atoms with E-state index < -0.39 is 77.5 Å². The number of nitrogens with zero attached hydrogens (tertiary/aromatic N) is 3. The lowest BCUT2D eigenvalue weighted by Gasteiger charge is -2.37. The fraction of sp³-hybridized carbons (Fsp3) is 0.488. The van der Waals surface area contributed by atoms with Gasteiger partial charge in [-0.3, -0.25) is 19.4 Å². The van der Waals surface area contributed by atoms with E-state index in [0.29, 0.717) is 30.3 Å². The fourth-order valence-corrected chi connectivity index (χ4v) is 7.06. The molecule has 2 aliphatic rings. The molecule has 2 fully saturated rings. The molecule has 3 aromatic rings. The third kappa shape index (κ3) is 8.72. The summed E-state index contributed by atoms with van der Waals surface area (Å²) in [6.45, 7) is 13.5. The van der Waals surface area contributed by atoms with E-state index in [-0.39, 0.29) is 18.2 Å². The number of ether oxygens (including phenoxy) is 3. The zero-order valence-corrected chi connectivity index (χ0v) is 32.1. The number of hydrogen-bond donors (Lipinski definition) is 1. The lowest BCUT2D eigenvalue weighted by molar-refractivity contribution is -0.150. The van der Waals surface area contributed by atoms with Crippen molar-refractivity contribution in [3.63, 3.8) is 0 Å². The SMILES string of the molecule is C[C@H]1CC[C@@H](C(=O)OCC(=O)c2ccc(-c3ccc4nc(C(=O)C[C@@]5(C(=O)O)CC[C@H](C)N5C(=O)OC(C)(C)C)ccc4c3)cc2)N1C(=O)OC(C)(C)C. The summed E-state index contributed by atoms with van der Waals surface area (Å²) in [5.74, 6) is -2.82. The Hall–Kier alpha value is -5.33. The summed E-state index contributed by atoms with van der Waals surface area (Å²) in [5.41, 5.74) is -0.734. The van der Waals surface area contributed by atoms with Crippen molar-refractivity contribution in [3.05, 3.63) is 65.9 Å². The number of rotatable bonds is 9. The number of carboxylic acid groups (broad SMARTS) is 1. The highest BCUT2D eigenvalue weighted by Crippen LogP contribution is 2.39. The summed E-state index contributed by atoms with van der Waals surface area (Å²) in [4.78, 5) is 85.1. The Morgan fingerprint density at radius 2 is 1.41 bits per heavy atom. The van der Waals surface area contributed by atoms with Crippen molar-refractivity contribution in [1.29, 1.82) is 0 Å². The maximum Gasteiger partial charge on any atom is 0.411 e. The van der Waals surface area contributed by atoms with Gasteiger partial charge in [0, 0.05) is 29.5 Å². The molecular formula is C41H49N3O10. The first kappa shape index (κ1) is 39.9. The van der Waals surface area contributed by atoms with Gasteiger partial charge in [0.15, 0.2) is 23.7 Å². The maximum absolute atomic E-state index is 13.6. The largest absolute Gasteiger partial charge is 0.479 e. The predicted molar refractivity (Wildman–Crippen MR) is 199 cm³/mol. The molecule has 13 nitrogen and oxygen atoms in total. The minimum Gasteiger partial charge on any atom is -0.479 e. The summed E-state index contributed by atoms with van der Waals surface area (Å²) in [6.07, 6.45) is -0.268. The molecule has 2 aromatic carbocycles. The summed E-state index contributed by atoms with van der Waals surface area (Å²) < 4.78 is 16.4. The maximum atomic E-state index is 13.6. The number of amides is 2. The van der Waals surface area contributed by atoms with E-state index >= 15 is 0 Å². The van der Waals surface area contributed by atoms with Crippen LogP contribution in [-0.4, -0.2) is 97.1 Å². The van der Waals surface area contributed by atoms with Crippen molar-refractivity contribution in [2.24, 2.45) is 0 Å². The highest BCUT2D eigenvalue weighted by Gasteiger charge is 2.55. The first-order valence-corrected chi connectivity index (χ1v) is 18.2. The highest BCUT2D eigenvalue weighted by molar-refractivity contribution is 6.02. The van der Waals surface area contributed by atoms with Crippen molar-refractivity contribution in [1.82, 2.24) is 14.8 Å². The van der Waals surface area contributed by atoms with Gasteiger partial charge in [-0.05, 0) is 110 Å². The molecule has 13 heteroatoms. The molecule has 54 heavy (non-hydrogen) atoms. The van der Waals surface area contributed by atoms with Crippen LogP contribution in [0.25, 0.3) is 22.0 Å². The number of esters is 1. The number of carbonyl (C=O) groups excluding carboxylic acids is 5. The summed E-state index contributed by atoms with van der Waals surface area (Å²) >= 11 is 0. The number of hydrogen-bond acceptors (Lipinski definition) is 10. The number of likely N-dealkylation sites (tertiary alicyclic amines) is 2. The number of carboxylic acids is 1. The van der Waals surface area contributed by atoms with Gasteiger partial charge in [0.05, 0.1) is 5.52 Å². The molecular weight excluding hydrogens is 694 g/mol. The molecule has 0 bridgehead atoms. The van der Waals surface area contributed by atoms with Crippen LogP contribution in [0.3, 0.4) is 0 Å². The van der Waals surface area contributed by atoms with Gasteiger partial charge in [-0.2, -0.15) is 0 Å². The van der Waals surface area contributed by atoms with Gasteiger partial charge in [0.25, 0.3) is 0 Å². The second-order valence-electron chi connectivity index (χ2n) is 16.2. The standard InChI is InChI=1S/C41H49N3O10/c1-24-9-18-32(43(24)37(50)53-39(3,4)5)35(47)52-23-34(46)27-12-10-26(11-13-27)28-14-16-30-29(21-28)15-17-31(42-30)33(45)22-41(36(48)49)20-19-25(2)44(41)38(51)54-40(6,7)8/h10-17,21,24-25,32H,9,18-20,22-23H2,1-8H3,(H,48,49)/t24-,25-,32-,41+/m0/s1. The quantitative estimate of drug-likeness (QED) is 0.133. The first-order valence-electron chi connectivity index (χ1n) is 18.2. The van der Waals surface area contributed by atoms with E-state index in [2.05, 4.69) is 4.98 Å². The van der Waals surface area contributed by atoms with Crippen molar-refractivity contribution in [2.75, 3.05) is 6.61 Å². The molecule has 2 amide bonds. The molecule has 0 radical (unpaired) electrons. The molecule has 0 aliphatic carbocycles. The Bertz CT molecular complexity index is 1960. The molecule has 1 N–H and O–H groups in total. The number of aliphatic carboxylic acids is 1. The highest BCUT2D eigenvalue weighted by atomic mass is 16.6. The zero-order valence-electron chi connectivity index (χ0n) is 32.1. The number of carbonyl (C=O) groups is 6. The van der Waals surface area contributed by atoms with Crippen LogP contribution in [-0.2, 0) is 23.8 Å². The van der Waals surface area contributed by atoms with Crippen LogP contribution in [0.15, 0.2) is 54.6 Å². The number of Topliss-reactive ketones (excluding diaryl/α,β-unsaturated/α-hetero) is 2. The Labute approximate surface area is 314 Å². The monoisotopic (exact) mass is 743 g/mol. The van der Waals surface area contributed by atoms with Gasteiger partial charge in [-0.1, -0.05) is 36.4 Å². The summed E-state index contributed by atoms with van der Waals surface area (Å²) in [6, 6.07) is 14.1.